The van der Waals surface area contributed by atoms with Gasteiger partial charge in [-0.15, -0.1) is 0 Å². The van der Waals surface area contributed by atoms with Crippen LogP contribution in [0.3, 0.4) is 0 Å². The van der Waals surface area contributed by atoms with Crippen molar-refractivity contribution in [2.75, 3.05) is 25.0 Å². The fraction of sp³-hybridized carbons (Fsp3) is 0.440. The van der Waals surface area contributed by atoms with E-state index in [0.717, 1.165) is 41.4 Å². The lowest BCUT2D eigenvalue weighted by molar-refractivity contribution is -0.139. The Hall–Kier alpha value is -3.26. The third kappa shape index (κ3) is 5.06. The number of morpholine rings is 1. The maximum absolute atomic E-state index is 13.0. The molecule has 8 heteroatoms. The van der Waals surface area contributed by atoms with Gasteiger partial charge in [-0.3, -0.25) is 14.9 Å². The summed E-state index contributed by atoms with van der Waals surface area (Å²) in [5, 5.41) is 11.0. The molecule has 0 radical (unpaired) electrons. The molecule has 3 aromatic rings. The standard InChI is InChI=1S/C25H30N6O2/c1-17-14-18(28-24-8-4-5-11-26-24)15-22(27-17)23-16-31(12-13-33-23)25(32)10-9-21-19-6-2-3-7-20(19)29-30-21/h4-5,8,11,14-15,23H,2-3,6-7,9-10,12-13,16H2,1H3,(H,29,30)(H,26,27,28)/t23-/m1/s1. The van der Waals surface area contributed by atoms with E-state index in [4.69, 9.17) is 9.72 Å². The molecule has 3 aromatic heterocycles. The molecule has 4 heterocycles. The van der Waals surface area contributed by atoms with Crippen LogP contribution in [0.1, 0.15) is 53.7 Å². The Kier molecular flexibility index (Phi) is 6.35. The van der Waals surface area contributed by atoms with Crippen molar-refractivity contribution < 1.29 is 9.53 Å². The molecule has 0 saturated carbocycles. The number of hydrogen-bond acceptors (Lipinski definition) is 6. The van der Waals surface area contributed by atoms with Gasteiger partial charge in [-0.1, -0.05) is 6.07 Å². The molecular weight excluding hydrogens is 416 g/mol. The smallest absolute Gasteiger partial charge is 0.223 e. The Balaban J connectivity index is 1.23. The number of hydrogen-bond donors (Lipinski definition) is 2. The molecule has 8 nitrogen and oxygen atoms in total. The van der Waals surface area contributed by atoms with Crippen LogP contribution in [0.5, 0.6) is 0 Å². The second-order valence-corrected chi connectivity index (χ2v) is 8.80. The summed E-state index contributed by atoms with van der Waals surface area (Å²) in [6.07, 6.45) is 7.24. The van der Waals surface area contributed by atoms with Gasteiger partial charge in [0.1, 0.15) is 11.9 Å². The second-order valence-electron chi connectivity index (χ2n) is 8.80. The van der Waals surface area contributed by atoms with E-state index in [9.17, 15) is 4.79 Å². The Morgan fingerprint density at radius 3 is 3.06 bits per heavy atom. The summed E-state index contributed by atoms with van der Waals surface area (Å²) in [4.78, 5) is 23.9. The van der Waals surface area contributed by atoms with Gasteiger partial charge in [-0.2, -0.15) is 5.10 Å². The van der Waals surface area contributed by atoms with E-state index < -0.39 is 0 Å². The third-order valence-corrected chi connectivity index (χ3v) is 6.38. The van der Waals surface area contributed by atoms with Gasteiger partial charge >= 0.3 is 0 Å². The molecule has 1 atom stereocenters. The Morgan fingerprint density at radius 1 is 1.27 bits per heavy atom. The zero-order valence-corrected chi connectivity index (χ0v) is 19.0. The highest BCUT2D eigenvalue weighted by Gasteiger charge is 2.27. The van der Waals surface area contributed by atoms with E-state index in [0.29, 0.717) is 32.5 Å². The molecule has 172 valence electrons. The summed E-state index contributed by atoms with van der Waals surface area (Å²) in [6.45, 7) is 3.59. The van der Waals surface area contributed by atoms with E-state index in [1.165, 1.54) is 24.1 Å². The van der Waals surface area contributed by atoms with E-state index in [2.05, 4.69) is 20.5 Å². The van der Waals surface area contributed by atoms with Crippen LogP contribution in [0.4, 0.5) is 11.5 Å². The number of amides is 1. The highest BCUT2D eigenvalue weighted by molar-refractivity contribution is 5.76. The number of ether oxygens (including phenoxy) is 1. The zero-order valence-electron chi connectivity index (χ0n) is 19.0. The lowest BCUT2D eigenvalue weighted by atomic mass is 9.94. The molecule has 1 fully saturated rings. The maximum Gasteiger partial charge on any atom is 0.223 e. The fourth-order valence-corrected chi connectivity index (χ4v) is 4.71. The van der Waals surface area contributed by atoms with Crippen molar-refractivity contribution in [1.29, 1.82) is 0 Å². The van der Waals surface area contributed by atoms with E-state index in [-0.39, 0.29) is 12.0 Å². The number of nitrogens with zero attached hydrogens (tertiary/aromatic N) is 4. The Bertz CT molecular complexity index is 1110. The van der Waals surface area contributed by atoms with E-state index in [1.54, 1.807) is 6.20 Å². The first-order valence-electron chi connectivity index (χ1n) is 11.8. The number of aromatic amines is 1. The van der Waals surface area contributed by atoms with Gasteiger partial charge in [0.05, 0.1) is 24.5 Å². The highest BCUT2D eigenvalue weighted by atomic mass is 16.5. The SMILES string of the molecule is Cc1cc(Nc2ccccn2)cc([C@H]2CN(C(=O)CCc3n[nH]c4c3CCCC4)CCO2)n1. The first-order chi connectivity index (χ1) is 16.2. The van der Waals surface area contributed by atoms with Crippen molar-refractivity contribution in [2.24, 2.45) is 0 Å². The molecule has 2 N–H and O–H groups in total. The van der Waals surface area contributed by atoms with Crippen molar-refractivity contribution >= 4 is 17.4 Å². The molecule has 2 aliphatic rings. The summed E-state index contributed by atoms with van der Waals surface area (Å²) in [5.41, 5.74) is 6.29. The molecule has 0 unspecified atom stereocenters. The first kappa shape index (κ1) is 21.6. The number of fused-ring (bicyclic) bond motifs is 1. The molecule has 0 spiro atoms. The van der Waals surface area contributed by atoms with E-state index in [1.807, 2.05) is 42.2 Å². The number of carbonyl (C=O) groups excluding carboxylic acids is 1. The fourth-order valence-electron chi connectivity index (χ4n) is 4.71. The maximum atomic E-state index is 13.0. The minimum absolute atomic E-state index is 0.148. The van der Waals surface area contributed by atoms with Gasteiger partial charge in [-0.05, 0) is 62.4 Å². The summed E-state index contributed by atoms with van der Waals surface area (Å²) in [7, 11) is 0. The molecule has 1 saturated heterocycles. The van der Waals surface area contributed by atoms with Crippen LogP contribution in [0.2, 0.25) is 0 Å². The summed E-state index contributed by atoms with van der Waals surface area (Å²) >= 11 is 0. The van der Waals surface area contributed by atoms with Crippen molar-refractivity contribution in [3.05, 3.63) is 64.9 Å². The molecule has 5 rings (SSSR count). The van der Waals surface area contributed by atoms with Gasteiger partial charge in [0.2, 0.25) is 5.91 Å². The molecule has 0 aromatic carbocycles. The van der Waals surface area contributed by atoms with Gasteiger partial charge < -0.3 is 15.0 Å². The van der Waals surface area contributed by atoms with Crippen LogP contribution in [0.25, 0.3) is 0 Å². The van der Waals surface area contributed by atoms with Gasteiger partial charge in [0.15, 0.2) is 0 Å². The van der Waals surface area contributed by atoms with Crippen molar-refractivity contribution in [1.82, 2.24) is 25.1 Å². The monoisotopic (exact) mass is 446 g/mol. The minimum Gasteiger partial charge on any atom is -0.368 e. The van der Waals surface area contributed by atoms with Crippen LogP contribution in [-0.4, -0.2) is 50.7 Å². The minimum atomic E-state index is -0.245. The number of nitrogens with one attached hydrogen (secondary N) is 2. The quantitative estimate of drug-likeness (QED) is 0.600. The molecular formula is C25H30N6O2. The summed E-state index contributed by atoms with van der Waals surface area (Å²) in [5.74, 6) is 0.923. The zero-order chi connectivity index (χ0) is 22.6. The van der Waals surface area contributed by atoms with Crippen molar-refractivity contribution in [3.63, 3.8) is 0 Å². The van der Waals surface area contributed by atoms with Gasteiger partial charge in [0.25, 0.3) is 0 Å². The average Bonchev–Trinajstić information content (AvgIpc) is 3.26. The summed E-state index contributed by atoms with van der Waals surface area (Å²) < 4.78 is 6.01. The van der Waals surface area contributed by atoms with Gasteiger partial charge in [-0.25, -0.2) is 4.98 Å². The Labute approximate surface area is 193 Å². The largest absolute Gasteiger partial charge is 0.368 e. The lowest BCUT2D eigenvalue weighted by Crippen LogP contribution is -2.42. The molecule has 1 aliphatic heterocycles. The van der Waals surface area contributed by atoms with Crippen LogP contribution < -0.4 is 5.32 Å². The average molecular weight is 447 g/mol. The molecule has 1 amide bonds. The van der Waals surface area contributed by atoms with Crippen LogP contribution >= 0.6 is 0 Å². The van der Waals surface area contributed by atoms with Crippen LogP contribution in [-0.2, 0) is 28.8 Å². The number of rotatable bonds is 6. The molecule has 33 heavy (non-hydrogen) atoms. The van der Waals surface area contributed by atoms with Crippen LogP contribution in [0, 0.1) is 6.92 Å². The number of pyridine rings is 2. The normalized spacial score (nSPS) is 18.1. The number of carbonyl (C=O) groups is 1. The van der Waals surface area contributed by atoms with Crippen molar-refractivity contribution in [3.8, 4) is 0 Å². The molecule has 0 bridgehead atoms. The first-order valence-corrected chi connectivity index (χ1v) is 11.8. The van der Waals surface area contributed by atoms with E-state index >= 15 is 0 Å². The lowest BCUT2D eigenvalue weighted by Gasteiger charge is -2.33. The second kappa shape index (κ2) is 9.70. The molecule has 1 aliphatic carbocycles. The third-order valence-electron chi connectivity index (χ3n) is 6.38. The van der Waals surface area contributed by atoms with Crippen molar-refractivity contribution in [2.45, 2.75) is 51.6 Å². The Morgan fingerprint density at radius 2 is 2.18 bits per heavy atom. The highest BCUT2D eigenvalue weighted by Crippen LogP contribution is 2.26. The number of aryl methyl sites for hydroxylation is 3. The predicted octanol–water partition coefficient (Wildman–Crippen LogP) is 3.66. The number of anilines is 2. The number of aromatic nitrogens is 4. The van der Waals surface area contributed by atoms with Gasteiger partial charge in [0, 0.05) is 42.7 Å². The van der Waals surface area contributed by atoms with Crippen LogP contribution in [0.15, 0.2) is 36.5 Å². The predicted molar refractivity (Wildman–Crippen MR) is 125 cm³/mol. The topological polar surface area (TPSA) is 96.0 Å². The summed E-state index contributed by atoms with van der Waals surface area (Å²) in [6, 6.07) is 9.71. The number of H-pyrrole nitrogens is 1.